The highest BCUT2D eigenvalue weighted by Crippen LogP contribution is 2.24. The quantitative estimate of drug-likeness (QED) is 0.0195. The smallest absolute Gasteiger partial charge is 0.305 e. The number of carbonyl (C=O) groups is 2. The fourth-order valence-corrected chi connectivity index (χ4v) is 13.1. The molecule has 7 unspecified atom stereocenters. The lowest BCUT2D eigenvalue weighted by Gasteiger charge is -2.40. The molecule has 0 aromatic rings. The lowest BCUT2D eigenvalue weighted by Crippen LogP contribution is -2.60. The molecule has 1 saturated heterocycles. The van der Waals surface area contributed by atoms with E-state index in [4.69, 9.17) is 14.2 Å². The maximum Gasteiger partial charge on any atom is 0.305 e. The summed E-state index contributed by atoms with van der Waals surface area (Å²) in [6.45, 7) is 4.34. The molecule has 0 saturated carbocycles. The van der Waals surface area contributed by atoms with Crippen molar-refractivity contribution in [2.75, 3.05) is 19.8 Å². The zero-order chi connectivity index (χ0) is 69.4. The number of ether oxygens (including phenoxy) is 3. The number of rotatable bonds is 74. The Morgan fingerprint density at radius 1 is 0.385 bits per heavy atom. The van der Waals surface area contributed by atoms with Crippen LogP contribution >= 0.6 is 0 Å². The Kier molecular flexibility index (Phi) is 70.0. The molecule has 0 bridgehead atoms. The third-order valence-electron chi connectivity index (χ3n) is 19.6. The minimum atomic E-state index is -1.58. The van der Waals surface area contributed by atoms with E-state index in [0.717, 1.165) is 70.6 Å². The van der Waals surface area contributed by atoms with Gasteiger partial charge in [0.25, 0.3) is 0 Å². The van der Waals surface area contributed by atoms with Gasteiger partial charge in [0.1, 0.15) is 24.4 Å². The number of allylic oxidation sites excluding steroid dienone is 9. The molecular formula is C85H157NO10. The second-order valence-corrected chi connectivity index (χ2v) is 28.8. The SMILES string of the molecule is CCCCC/C=C/CC/C=C/CC/C=C/C(O)C(COC1OC(CO)C(O)C(O)C1O)NC(=O)CCCCCCCCCCCCCCCCCCC/C=C\C/C=C\CCCCCCCCCCCCCCCCCOC(=O)CCCCCCCCCCCCCCCCCC. The summed E-state index contributed by atoms with van der Waals surface area (Å²) < 4.78 is 16.8. The Bertz CT molecular complexity index is 1780. The van der Waals surface area contributed by atoms with Gasteiger partial charge in [-0.2, -0.15) is 0 Å². The average Bonchev–Trinajstić information content (AvgIpc) is 0.843. The molecule has 1 aliphatic heterocycles. The molecule has 1 aliphatic rings. The maximum atomic E-state index is 13.1. The van der Waals surface area contributed by atoms with Crippen molar-refractivity contribution in [2.45, 2.75) is 448 Å². The molecule has 0 radical (unpaired) electrons. The summed E-state index contributed by atoms with van der Waals surface area (Å²) in [5.74, 6) is -0.174. The van der Waals surface area contributed by atoms with Crippen LogP contribution in [0, 0.1) is 0 Å². The van der Waals surface area contributed by atoms with Crippen molar-refractivity contribution >= 4 is 11.9 Å². The topological polar surface area (TPSA) is 175 Å². The van der Waals surface area contributed by atoms with Gasteiger partial charge in [0.05, 0.1) is 32.0 Å². The molecule has 1 rings (SSSR count). The molecule has 1 heterocycles. The summed E-state index contributed by atoms with van der Waals surface area (Å²) in [5.41, 5.74) is 0. The van der Waals surface area contributed by atoms with E-state index >= 15 is 0 Å². The highest BCUT2D eigenvalue weighted by Gasteiger charge is 2.44. The van der Waals surface area contributed by atoms with Crippen molar-refractivity contribution in [3.63, 3.8) is 0 Å². The summed E-state index contributed by atoms with van der Waals surface area (Å²) in [6.07, 6.45) is 89.9. The summed E-state index contributed by atoms with van der Waals surface area (Å²) in [4.78, 5) is 25.2. The minimum absolute atomic E-state index is 0.0183. The number of aliphatic hydroxyl groups excluding tert-OH is 5. The van der Waals surface area contributed by atoms with Gasteiger partial charge in [0.15, 0.2) is 6.29 Å². The summed E-state index contributed by atoms with van der Waals surface area (Å²) in [7, 11) is 0. The Balaban J connectivity index is 1.90. The van der Waals surface area contributed by atoms with Crippen LogP contribution in [0.2, 0.25) is 0 Å². The predicted molar refractivity (Wildman–Crippen MR) is 407 cm³/mol. The number of nitrogens with one attached hydrogen (secondary N) is 1. The molecule has 0 spiro atoms. The highest BCUT2D eigenvalue weighted by atomic mass is 16.7. The zero-order valence-electron chi connectivity index (χ0n) is 62.8. The normalized spacial score (nSPS) is 17.6. The van der Waals surface area contributed by atoms with Crippen molar-refractivity contribution in [1.29, 1.82) is 0 Å². The molecule has 96 heavy (non-hydrogen) atoms. The largest absolute Gasteiger partial charge is 0.466 e. The number of hydrogen-bond donors (Lipinski definition) is 6. The van der Waals surface area contributed by atoms with Gasteiger partial charge in [-0.1, -0.05) is 364 Å². The molecule has 7 atom stereocenters. The van der Waals surface area contributed by atoms with E-state index in [-0.39, 0.29) is 18.5 Å². The number of unbranched alkanes of at least 4 members (excludes halogenated alkanes) is 52. The molecule has 0 aliphatic carbocycles. The van der Waals surface area contributed by atoms with E-state index in [0.29, 0.717) is 19.4 Å². The first-order valence-corrected chi connectivity index (χ1v) is 41.6. The molecule has 1 fully saturated rings. The van der Waals surface area contributed by atoms with E-state index in [1.807, 2.05) is 6.08 Å². The third kappa shape index (κ3) is 61.2. The van der Waals surface area contributed by atoms with Crippen LogP contribution in [-0.2, 0) is 23.8 Å². The predicted octanol–water partition coefficient (Wildman–Crippen LogP) is 22.8. The van der Waals surface area contributed by atoms with E-state index in [1.54, 1.807) is 6.08 Å². The molecule has 11 nitrogen and oxygen atoms in total. The van der Waals surface area contributed by atoms with E-state index in [1.165, 1.54) is 308 Å². The minimum Gasteiger partial charge on any atom is -0.466 e. The lowest BCUT2D eigenvalue weighted by molar-refractivity contribution is -0.302. The molecule has 0 aromatic heterocycles. The van der Waals surface area contributed by atoms with Gasteiger partial charge in [0.2, 0.25) is 5.91 Å². The molecule has 562 valence electrons. The molecule has 1 amide bonds. The fourth-order valence-electron chi connectivity index (χ4n) is 13.1. The van der Waals surface area contributed by atoms with Crippen LogP contribution in [-0.4, -0.2) is 100 Å². The van der Waals surface area contributed by atoms with Gasteiger partial charge in [-0.25, -0.2) is 0 Å². The third-order valence-corrected chi connectivity index (χ3v) is 19.6. The van der Waals surface area contributed by atoms with Crippen LogP contribution in [0.25, 0.3) is 0 Å². The number of amides is 1. The first-order valence-electron chi connectivity index (χ1n) is 41.6. The second kappa shape index (κ2) is 73.6. The Morgan fingerprint density at radius 2 is 0.708 bits per heavy atom. The Morgan fingerprint density at radius 3 is 1.11 bits per heavy atom. The number of hydrogen-bond acceptors (Lipinski definition) is 10. The highest BCUT2D eigenvalue weighted by molar-refractivity contribution is 5.76. The van der Waals surface area contributed by atoms with Gasteiger partial charge in [0, 0.05) is 12.8 Å². The number of esters is 1. The Labute approximate surface area is 592 Å². The Hall–Kier alpha value is -2.64. The summed E-state index contributed by atoms with van der Waals surface area (Å²) in [5, 5.41) is 54.5. The maximum absolute atomic E-state index is 13.1. The first-order chi connectivity index (χ1) is 47.2. The van der Waals surface area contributed by atoms with E-state index < -0.39 is 49.5 Å². The first kappa shape index (κ1) is 91.4. The average molecular weight is 1350 g/mol. The van der Waals surface area contributed by atoms with Gasteiger partial charge in [-0.15, -0.1) is 0 Å². The van der Waals surface area contributed by atoms with Crippen molar-refractivity contribution in [1.82, 2.24) is 5.32 Å². The van der Waals surface area contributed by atoms with Crippen molar-refractivity contribution in [3.8, 4) is 0 Å². The van der Waals surface area contributed by atoms with Gasteiger partial charge in [-0.05, 0) is 89.9 Å². The van der Waals surface area contributed by atoms with E-state index in [9.17, 15) is 35.1 Å². The summed E-state index contributed by atoms with van der Waals surface area (Å²) in [6, 6.07) is -0.833. The van der Waals surface area contributed by atoms with Crippen molar-refractivity contribution in [3.05, 3.63) is 60.8 Å². The molecular weight excluding hydrogens is 1190 g/mol. The second-order valence-electron chi connectivity index (χ2n) is 28.8. The monoisotopic (exact) mass is 1350 g/mol. The molecule has 11 heteroatoms. The van der Waals surface area contributed by atoms with Crippen LogP contribution in [0.15, 0.2) is 60.8 Å². The van der Waals surface area contributed by atoms with Gasteiger partial charge < -0.3 is 45.1 Å². The van der Waals surface area contributed by atoms with Crippen LogP contribution < -0.4 is 5.32 Å². The number of carbonyl (C=O) groups excluding carboxylic acids is 2. The van der Waals surface area contributed by atoms with Crippen molar-refractivity contribution in [2.24, 2.45) is 0 Å². The van der Waals surface area contributed by atoms with Crippen LogP contribution in [0.4, 0.5) is 0 Å². The molecule has 0 aromatic carbocycles. The van der Waals surface area contributed by atoms with E-state index in [2.05, 4.69) is 67.8 Å². The standard InChI is InChI=1S/C85H157NO10/c1-3-5-7-9-11-13-15-17-18-45-49-53-57-61-65-69-73-81(90)94-74-70-66-62-58-54-50-46-43-41-39-37-35-33-31-29-27-25-23-21-19-20-22-24-26-28-30-32-34-36-38-40-42-44-48-52-56-60-64-68-72-80(89)86-77(76-95-85-84(93)83(92)82(91)79(75-87)96-85)78(88)71-67-63-59-55-51-47-16-14-12-10-8-6-4-2/h12,14,19-20,23,25,51,55,67,71,77-79,82-85,87-88,91-93H,3-11,13,15-18,21-22,24,26-50,52-54,56-66,68-70,72-76H2,1-2H3,(H,86,89)/b14-12+,20-19-,25-23-,55-51+,71-67+. The van der Waals surface area contributed by atoms with Gasteiger partial charge in [-0.3, -0.25) is 9.59 Å². The zero-order valence-corrected chi connectivity index (χ0v) is 62.8. The van der Waals surface area contributed by atoms with Crippen LogP contribution in [0.3, 0.4) is 0 Å². The lowest BCUT2D eigenvalue weighted by atomic mass is 9.99. The fraction of sp³-hybridized carbons (Fsp3) is 0.859. The van der Waals surface area contributed by atoms with Gasteiger partial charge >= 0.3 is 5.97 Å². The number of aliphatic hydroxyl groups is 5. The van der Waals surface area contributed by atoms with Crippen LogP contribution in [0.5, 0.6) is 0 Å². The van der Waals surface area contributed by atoms with Crippen molar-refractivity contribution < 1.29 is 49.3 Å². The molecule has 6 N–H and O–H groups in total. The van der Waals surface area contributed by atoms with Crippen LogP contribution in [0.1, 0.15) is 406 Å². The summed E-state index contributed by atoms with van der Waals surface area (Å²) >= 11 is 0.